The topological polar surface area (TPSA) is 38.9 Å². The molecule has 3 aromatic heterocycles. The maximum absolute atomic E-state index is 13.6. The standard InChI is InChI=1S/C23H12F2NO.C14H16NSi.Ir/c24-16-10-15(11-17(25)13-16)14-7-8-18-19-4-3-5-20(21-6-1-2-9-26-21)23(19)27-22(18)12-14;1-16(2,3)13-9-10-14(15-11-13)12-7-5-4-6-8-12;/h1-4,6-13H;4-7,9-11H,1-3H3;/q2*-1;. The normalized spacial score (nSPS) is 11.1. The average Bonchev–Trinajstić information content (AvgIpc) is 3.40. The van der Waals surface area contributed by atoms with Crippen molar-refractivity contribution >= 4 is 35.2 Å². The minimum atomic E-state index is -1.23. The van der Waals surface area contributed by atoms with E-state index in [0.29, 0.717) is 22.3 Å². The van der Waals surface area contributed by atoms with Crippen LogP contribution in [0.25, 0.3) is 55.6 Å². The number of fused-ring (bicyclic) bond motifs is 3. The van der Waals surface area contributed by atoms with Crippen molar-refractivity contribution in [3.05, 3.63) is 139 Å². The van der Waals surface area contributed by atoms with Gasteiger partial charge in [0.2, 0.25) is 0 Å². The molecule has 0 N–H and O–H groups in total. The summed E-state index contributed by atoms with van der Waals surface area (Å²) in [5, 5.41) is 3.27. The van der Waals surface area contributed by atoms with E-state index in [0.717, 1.165) is 39.4 Å². The Bertz CT molecular complexity index is 2000. The van der Waals surface area contributed by atoms with Crippen molar-refractivity contribution in [1.82, 2.24) is 9.97 Å². The summed E-state index contributed by atoms with van der Waals surface area (Å²) < 4.78 is 33.2. The third-order valence-corrected chi connectivity index (χ3v) is 9.19. The van der Waals surface area contributed by atoms with Crippen molar-refractivity contribution in [3.8, 4) is 33.6 Å². The molecule has 7 heteroatoms. The zero-order valence-corrected chi connectivity index (χ0v) is 27.8. The van der Waals surface area contributed by atoms with Crippen LogP contribution in [0.1, 0.15) is 0 Å². The number of rotatable bonds is 4. The number of furan rings is 1. The summed E-state index contributed by atoms with van der Waals surface area (Å²) in [6.45, 7) is 7.00. The van der Waals surface area contributed by atoms with Gasteiger partial charge in [0.15, 0.2) is 0 Å². The first kappa shape index (κ1) is 31.1. The molecule has 0 aliphatic carbocycles. The molecule has 0 saturated carbocycles. The quantitative estimate of drug-likeness (QED) is 0.132. The predicted molar refractivity (Wildman–Crippen MR) is 173 cm³/mol. The molecule has 3 nitrogen and oxygen atoms in total. The molecule has 0 fully saturated rings. The first-order valence-corrected chi connectivity index (χ1v) is 17.4. The Kier molecular flexibility index (Phi) is 9.30. The van der Waals surface area contributed by atoms with E-state index in [1.54, 1.807) is 12.3 Å². The smallest absolute Gasteiger partial charge is 0.126 e. The molecular weight excluding hydrogens is 747 g/mol. The molecule has 0 aliphatic rings. The Labute approximate surface area is 270 Å². The van der Waals surface area contributed by atoms with E-state index in [2.05, 4.69) is 53.9 Å². The van der Waals surface area contributed by atoms with Gasteiger partial charge in [-0.3, -0.25) is 0 Å². The van der Waals surface area contributed by atoms with Gasteiger partial charge in [-0.1, -0.05) is 67.0 Å². The largest absolute Gasteiger partial charge is 0.501 e. The summed E-state index contributed by atoms with van der Waals surface area (Å²) in [6, 6.07) is 37.1. The minimum absolute atomic E-state index is 0. The molecule has 0 bridgehead atoms. The Morgan fingerprint density at radius 3 is 2.14 bits per heavy atom. The first-order valence-electron chi connectivity index (χ1n) is 13.9. The van der Waals surface area contributed by atoms with E-state index in [4.69, 9.17) is 4.42 Å². The molecule has 221 valence electrons. The molecule has 0 unspecified atom stereocenters. The average molecular weight is 775 g/mol. The van der Waals surface area contributed by atoms with Crippen molar-refractivity contribution in [2.45, 2.75) is 19.6 Å². The van der Waals surface area contributed by atoms with Crippen molar-refractivity contribution in [3.63, 3.8) is 0 Å². The molecule has 4 aromatic carbocycles. The van der Waals surface area contributed by atoms with E-state index in [1.807, 2.05) is 72.9 Å². The Morgan fingerprint density at radius 1 is 0.682 bits per heavy atom. The van der Waals surface area contributed by atoms with Crippen LogP contribution in [0.3, 0.4) is 0 Å². The van der Waals surface area contributed by atoms with Gasteiger partial charge in [-0.15, -0.1) is 54.1 Å². The van der Waals surface area contributed by atoms with E-state index in [1.165, 1.54) is 17.3 Å². The molecule has 0 atom stereocenters. The van der Waals surface area contributed by atoms with Crippen molar-refractivity contribution < 1.29 is 33.3 Å². The summed E-state index contributed by atoms with van der Waals surface area (Å²) in [6.07, 6.45) is 3.74. The van der Waals surface area contributed by atoms with Crippen LogP contribution in [0, 0.1) is 23.8 Å². The van der Waals surface area contributed by atoms with E-state index in [-0.39, 0.29) is 20.1 Å². The van der Waals surface area contributed by atoms with Crippen LogP contribution in [0.15, 0.2) is 120 Å². The van der Waals surface area contributed by atoms with Crippen molar-refractivity contribution in [1.29, 1.82) is 0 Å². The van der Waals surface area contributed by atoms with Gasteiger partial charge >= 0.3 is 0 Å². The summed E-state index contributed by atoms with van der Waals surface area (Å²) in [4.78, 5) is 8.90. The molecule has 0 amide bonds. The third kappa shape index (κ3) is 6.76. The Balaban J connectivity index is 0.000000194. The number of hydrogen-bond acceptors (Lipinski definition) is 3. The molecule has 0 spiro atoms. The second kappa shape index (κ2) is 13.1. The molecule has 44 heavy (non-hydrogen) atoms. The Hall–Kier alpha value is -4.29. The van der Waals surface area contributed by atoms with Gasteiger partial charge < -0.3 is 14.4 Å². The fourth-order valence-electron chi connectivity index (χ4n) is 4.89. The molecule has 0 saturated heterocycles. The van der Waals surface area contributed by atoms with Crippen LogP contribution in [-0.2, 0) is 20.1 Å². The molecule has 3 heterocycles. The summed E-state index contributed by atoms with van der Waals surface area (Å²) in [7, 11) is -1.23. The molecular formula is C37H28F2IrN2OSi-2. The van der Waals surface area contributed by atoms with Crippen LogP contribution >= 0.6 is 0 Å². The molecule has 7 aromatic rings. The first-order chi connectivity index (χ1) is 20.8. The number of pyridine rings is 2. The van der Waals surface area contributed by atoms with Crippen LogP contribution in [0.4, 0.5) is 8.78 Å². The number of benzene rings is 4. The van der Waals surface area contributed by atoms with E-state index < -0.39 is 19.7 Å². The van der Waals surface area contributed by atoms with Crippen LogP contribution in [-0.4, -0.2) is 18.0 Å². The van der Waals surface area contributed by atoms with Gasteiger partial charge in [0.1, 0.15) is 17.2 Å². The number of aromatic nitrogens is 2. The third-order valence-electron chi connectivity index (χ3n) is 7.16. The maximum Gasteiger partial charge on any atom is 0.126 e. The van der Waals surface area contributed by atoms with Crippen molar-refractivity contribution in [2.75, 3.05) is 0 Å². The zero-order valence-electron chi connectivity index (χ0n) is 24.4. The molecule has 7 rings (SSSR count). The minimum Gasteiger partial charge on any atom is -0.501 e. The number of hydrogen-bond donors (Lipinski definition) is 0. The van der Waals surface area contributed by atoms with Gasteiger partial charge in [0, 0.05) is 44.0 Å². The maximum atomic E-state index is 13.6. The van der Waals surface area contributed by atoms with Crippen molar-refractivity contribution in [2.24, 2.45) is 0 Å². The van der Waals surface area contributed by atoms with Gasteiger partial charge in [0.25, 0.3) is 0 Å². The van der Waals surface area contributed by atoms with Crippen LogP contribution in [0.2, 0.25) is 19.6 Å². The fraction of sp³-hybridized carbons (Fsp3) is 0.0811. The van der Waals surface area contributed by atoms with Gasteiger partial charge in [-0.2, -0.15) is 0 Å². The summed E-state index contributed by atoms with van der Waals surface area (Å²) in [5.41, 5.74) is 6.09. The predicted octanol–water partition coefficient (Wildman–Crippen LogP) is 9.48. The second-order valence-corrected chi connectivity index (χ2v) is 16.3. The zero-order chi connectivity index (χ0) is 30.0. The van der Waals surface area contributed by atoms with Gasteiger partial charge in [-0.25, -0.2) is 8.78 Å². The van der Waals surface area contributed by atoms with Gasteiger partial charge in [0.05, 0.1) is 13.7 Å². The van der Waals surface area contributed by atoms with E-state index in [9.17, 15) is 8.78 Å². The monoisotopic (exact) mass is 775 g/mol. The van der Waals surface area contributed by atoms with Crippen LogP contribution in [0.5, 0.6) is 0 Å². The van der Waals surface area contributed by atoms with Crippen LogP contribution < -0.4 is 5.19 Å². The molecule has 1 radical (unpaired) electrons. The summed E-state index contributed by atoms with van der Waals surface area (Å²) in [5.74, 6) is -1.22. The second-order valence-electron chi connectivity index (χ2n) is 11.2. The van der Waals surface area contributed by atoms with Gasteiger partial charge in [-0.05, 0) is 52.0 Å². The van der Waals surface area contributed by atoms with E-state index >= 15 is 0 Å². The number of nitrogens with zero attached hydrogens (tertiary/aromatic N) is 2. The summed E-state index contributed by atoms with van der Waals surface area (Å²) >= 11 is 0. The molecule has 0 aliphatic heterocycles. The fourth-order valence-corrected chi connectivity index (χ4v) is 5.93. The SMILES string of the molecule is C[Si](C)(C)c1ccc(-c2[c-]cccc2)nc1.Fc1cc(F)cc(-c2ccc3c(c2)oc2c(-c4ccccn4)[c-]ccc23)c1.[Ir]. The number of halogens is 2. The Morgan fingerprint density at radius 2 is 1.48 bits per heavy atom.